The van der Waals surface area contributed by atoms with Crippen LogP contribution in [-0.4, -0.2) is 37.6 Å². The van der Waals surface area contributed by atoms with Crippen molar-refractivity contribution >= 4 is 10.9 Å². The van der Waals surface area contributed by atoms with Crippen LogP contribution in [0.5, 0.6) is 5.75 Å². The number of aromatic amines is 2. The Morgan fingerprint density at radius 1 is 0.846 bits per heavy atom. The summed E-state index contributed by atoms with van der Waals surface area (Å²) in [7, 11) is 0. The predicted molar refractivity (Wildman–Crippen MR) is 152 cm³/mol. The molecule has 2 fully saturated rings. The van der Waals surface area contributed by atoms with Gasteiger partial charge in [-0.25, -0.2) is 9.97 Å². The summed E-state index contributed by atoms with van der Waals surface area (Å²) < 4.78 is 8.96. The molecule has 0 aliphatic carbocycles. The molecule has 5 aromatic rings. The first-order chi connectivity index (χ1) is 19.2. The lowest BCUT2D eigenvalue weighted by Gasteiger charge is -2.29. The van der Waals surface area contributed by atoms with Crippen molar-refractivity contribution < 1.29 is 4.74 Å². The van der Waals surface area contributed by atoms with Gasteiger partial charge in [0.25, 0.3) is 0 Å². The van der Waals surface area contributed by atoms with E-state index in [-0.39, 0.29) is 6.23 Å². The van der Waals surface area contributed by atoms with Gasteiger partial charge in [0.15, 0.2) is 6.23 Å². The molecule has 8 heteroatoms. The summed E-state index contributed by atoms with van der Waals surface area (Å²) in [6.07, 6.45) is 9.39. The third-order valence-corrected chi connectivity index (χ3v) is 8.59. The van der Waals surface area contributed by atoms with E-state index in [1.165, 1.54) is 29.4 Å². The minimum absolute atomic E-state index is 0.0571. The van der Waals surface area contributed by atoms with Gasteiger partial charge in [0.2, 0.25) is 0 Å². The molecule has 2 saturated heterocycles. The standard InChI is InChI=1S/C31H33N7O/c1-2-29-38-26-10-8-18(24-16-34-30(36-24)22-5-3-11-32-22)13-20(26)14-27(38)21-9-7-19(15-28(21)39-29)25-17-35-31(37-25)23-6-4-12-33-23/h7-10,13-17,22-23,29,32-33H,2-6,11-12H2,1H3,(H,34,36)(H,35,37)/t22-,23-,29?/m0/s1. The number of H-pyrrole nitrogens is 2. The highest BCUT2D eigenvalue weighted by Gasteiger charge is 2.28. The Labute approximate surface area is 227 Å². The molecule has 0 amide bonds. The summed E-state index contributed by atoms with van der Waals surface area (Å²) in [5, 5.41) is 8.26. The molecule has 2 aromatic carbocycles. The molecular weight excluding hydrogens is 486 g/mol. The maximum Gasteiger partial charge on any atom is 0.176 e. The van der Waals surface area contributed by atoms with Crippen LogP contribution in [0.3, 0.4) is 0 Å². The second-order valence-corrected chi connectivity index (χ2v) is 11.0. The predicted octanol–water partition coefficient (Wildman–Crippen LogP) is 6.24. The highest BCUT2D eigenvalue weighted by atomic mass is 16.5. The van der Waals surface area contributed by atoms with Crippen molar-refractivity contribution in [2.24, 2.45) is 0 Å². The van der Waals surface area contributed by atoms with Crippen LogP contribution >= 0.6 is 0 Å². The second kappa shape index (κ2) is 9.10. The number of benzene rings is 2. The van der Waals surface area contributed by atoms with Gasteiger partial charge in [0, 0.05) is 28.5 Å². The molecule has 0 saturated carbocycles. The van der Waals surface area contributed by atoms with Gasteiger partial charge in [0.1, 0.15) is 17.4 Å². The van der Waals surface area contributed by atoms with Gasteiger partial charge in [-0.2, -0.15) is 0 Å². The molecule has 3 aliphatic rings. The van der Waals surface area contributed by atoms with Crippen LogP contribution in [0.1, 0.15) is 69.0 Å². The van der Waals surface area contributed by atoms with Crippen LogP contribution in [0.25, 0.3) is 44.7 Å². The molecule has 0 radical (unpaired) electrons. The number of aromatic nitrogens is 5. The molecule has 1 unspecified atom stereocenters. The average molecular weight is 520 g/mol. The monoisotopic (exact) mass is 519 g/mol. The van der Waals surface area contributed by atoms with Crippen molar-refractivity contribution in [1.82, 2.24) is 35.1 Å². The molecule has 8 rings (SSSR count). The summed E-state index contributed by atoms with van der Waals surface area (Å²) in [5.41, 5.74) is 7.84. The van der Waals surface area contributed by atoms with Gasteiger partial charge < -0.3 is 29.9 Å². The van der Waals surface area contributed by atoms with Gasteiger partial charge in [-0.15, -0.1) is 0 Å². The lowest BCUT2D eigenvalue weighted by atomic mass is 10.0. The second-order valence-electron chi connectivity index (χ2n) is 11.0. The maximum absolute atomic E-state index is 6.61. The van der Waals surface area contributed by atoms with Crippen molar-refractivity contribution in [2.75, 3.05) is 13.1 Å². The number of imidazole rings is 2. The summed E-state index contributed by atoms with van der Waals surface area (Å²) in [4.78, 5) is 16.4. The fourth-order valence-electron chi connectivity index (χ4n) is 6.54. The Bertz CT molecular complexity index is 1670. The number of rotatable bonds is 5. The molecule has 0 spiro atoms. The number of hydrogen-bond donors (Lipinski definition) is 4. The third kappa shape index (κ3) is 3.81. The summed E-state index contributed by atoms with van der Waals surface area (Å²) in [6, 6.07) is 16.2. The Morgan fingerprint density at radius 3 is 2.15 bits per heavy atom. The molecule has 3 atom stereocenters. The lowest BCUT2D eigenvalue weighted by Crippen LogP contribution is -2.20. The Balaban J connectivity index is 1.15. The lowest BCUT2D eigenvalue weighted by molar-refractivity contribution is 0.128. The maximum atomic E-state index is 6.61. The topological polar surface area (TPSA) is 95.6 Å². The number of nitrogens with zero attached hydrogens (tertiary/aromatic N) is 3. The minimum Gasteiger partial charge on any atom is -0.469 e. The number of nitrogens with one attached hydrogen (secondary N) is 4. The van der Waals surface area contributed by atoms with Gasteiger partial charge in [-0.1, -0.05) is 19.1 Å². The molecule has 4 N–H and O–H groups in total. The molecule has 198 valence electrons. The highest BCUT2D eigenvalue weighted by Crippen LogP contribution is 2.45. The van der Waals surface area contributed by atoms with Crippen LogP contribution < -0.4 is 15.4 Å². The fourth-order valence-corrected chi connectivity index (χ4v) is 6.54. The Kier molecular flexibility index (Phi) is 5.38. The first-order valence-electron chi connectivity index (χ1n) is 14.3. The van der Waals surface area contributed by atoms with Gasteiger partial charge in [-0.05, 0) is 69.1 Å². The Morgan fingerprint density at radius 2 is 1.51 bits per heavy atom. The SMILES string of the molecule is CCC1Oc2cc(-c3cnc([C@@H]4CCCN4)[nH]3)ccc2-c2cc3cc(-c4cnc([C@@H]5CCCN5)[nH]4)ccc3n21. The average Bonchev–Trinajstić information content (AvgIpc) is 3.80. The highest BCUT2D eigenvalue weighted by molar-refractivity contribution is 5.92. The first kappa shape index (κ1) is 23.0. The summed E-state index contributed by atoms with van der Waals surface area (Å²) in [6.45, 7) is 4.30. The van der Waals surface area contributed by atoms with Crippen molar-refractivity contribution in [3.8, 4) is 39.5 Å². The zero-order valence-corrected chi connectivity index (χ0v) is 22.1. The quantitative estimate of drug-likeness (QED) is 0.221. The first-order valence-corrected chi connectivity index (χ1v) is 14.3. The molecule has 3 aliphatic heterocycles. The van der Waals surface area contributed by atoms with Crippen molar-refractivity contribution in [1.29, 1.82) is 0 Å². The molecule has 8 nitrogen and oxygen atoms in total. The number of hydrogen-bond acceptors (Lipinski definition) is 5. The van der Waals surface area contributed by atoms with Crippen molar-refractivity contribution in [2.45, 2.75) is 57.3 Å². The van der Waals surface area contributed by atoms with Gasteiger partial charge >= 0.3 is 0 Å². The van der Waals surface area contributed by atoms with E-state index in [4.69, 9.17) is 4.74 Å². The van der Waals surface area contributed by atoms with Crippen LogP contribution in [0.15, 0.2) is 54.9 Å². The van der Waals surface area contributed by atoms with E-state index in [1.54, 1.807) is 0 Å². The largest absolute Gasteiger partial charge is 0.469 e. The van der Waals surface area contributed by atoms with Gasteiger partial charge in [0.05, 0.1) is 47.1 Å². The van der Waals surface area contributed by atoms with E-state index >= 15 is 0 Å². The number of ether oxygens (including phenoxy) is 1. The zero-order chi connectivity index (χ0) is 25.9. The molecule has 0 bridgehead atoms. The van der Waals surface area contributed by atoms with E-state index in [0.717, 1.165) is 77.8 Å². The molecule has 6 heterocycles. The van der Waals surface area contributed by atoms with Crippen molar-refractivity contribution in [3.63, 3.8) is 0 Å². The van der Waals surface area contributed by atoms with Crippen LogP contribution in [0, 0.1) is 0 Å². The minimum atomic E-state index is -0.0571. The van der Waals surface area contributed by atoms with E-state index in [2.05, 4.69) is 84.5 Å². The van der Waals surface area contributed by atoms with E-state index in [9.17, 15) is 0 Å². The third-order valence-electron chi connectivity index (χ3n) is 8.59. The van der Waals surface area contributed by atoms with E-state index in [1.807, 2.05) is 12.4 Å². The zero-order valence-electron chi connectivity index (χ0n) is 22.1. The van der Waals surface area contributed by atoms with Crippen LogP contribution in [0.4, 0.5) is 0 Å². The van der Waals surface area contributed by atoms with Crippen molar-refractivity contribution in [3.05, 3.63) is 66.5 Å². The summed E-state index contributed by atoms with van der Waals surface area (Å²) >= 11 is 0. The Hall–Kier alpha value is -3.88. The molecule has 3 aromatic heterocycles. The fraction of sp³-hybridized carbons (Fsp3) is 0.355. The van der Waals surface area contributed by atoms with Crippen LogP contribution in [-0.2, 0) is 0 Å². The van der Waals surface area contributed by atoms with E-state index in [0.29, 0.717) is 12.1 Å². The van der Waals surface area contributed by atoms with Crippen LogP contribution in [0.2, 0.25) is 0 Å². The number of fused-ring (bicyclic) bond motifs is 5. The van der Waals surface area contributed by atoms with E-state index < -0.39 is 0 Å². The normalized spacial score (nSPS) is 22.2. The smallest absolute Gasteiger partial charge is 0.176 e. The molecule has 39 heavy (non-hydrogen) atoms. The van der Waals surface area contributed by atoms with Gasteiger partial charge in [-0.3, -0.25) is 0 Å². The summed E-state index contributed by atoms with van der Waals surface area (Å²) in [5.74, 6) is 2.98. The molecular formula is C31H33N7O.